The van der Waals surface area contributed by atoms with Crippen molar-refractivity contribution in [1.29, 1.82) is 0 Å². The van der Waals surface area contributed by atoms with Crippen molar-refractivity contribution in [3.63, 3.8) is 0 Å². The number of aliphatic carboxylic acids is 1. The van der Waals surface area contributed by atoms with Gasteiger partial charge in [-0.25, -0.2) is 13.1 Å². The summed E-state index contributed by atoms with van der Waals surface area (Å²) < 4.78 is 25.2. The molecule has 0 radical (unpaired) electrons. The van der Waals surface area contributed by atoms with Gasteiger partial charge < -0.3 is 5.11 Å². The van der Waals surface area contributed by atoms with Gasteiger partial charge in [0.1, 0.15) is 0 Å². The average Bonchev–Trinajstić information content (AvgIpc) is 2.11. The molecule has 0 rings (SSSR count). The molecule has 0 aliphatic heterocycles. The van der Waals surface area contributed by atoms with Gasteiger partial charge in [-0.15, -0.1) is 0 Å². The van der Waals surface area contributed by atoms with Gasteiger partial charge in [0.25, 0.3) is 0 Å². The van der Waals surface area contributed by atoms with Crippen molar-refractivity contribution in [2.45, 2.75) is 39.5 Å². The van der Waals surface area contributed by atoms with E-state index in [1.54, 1.807) is 0 Å². The Morgan fingerprint density at radius 3 is 2.44 bits per heavy atom. The SMILES string of the molecule is CC(C)CCCNS(=O)(=O)CCCC(=O)O. The lowest BCUT2D eigenvalue weighted by atomic mass is 10.1. The van der Waals surface area contributed by atoms with Gasteiger partial charge in [-0.1, -0.05) is 13.8 Å². The molecule has 0 spiro atoms. The molecule has 0 atom stereocenters. The highest BCUT2D eigenvalue weighted by Crippen LogP contribution is 2.02. The highest BCUT2D eigenvalue weighted by molar-refractivity contribution is 7.89. The van der Waals surface area contributed by atoms with Gasteiger partial charge in [0, 0.05) is 13.0 Å². The van der Waals surface area contributed by atoms with Crippen LogP contribution >= 0.6 is 0 Å². The zero-order valence-corrected chi connectivity index (χ0v) is 10.7. The van der Waals surface area contributed by atoms with Crippen molar-refractivity contribution >= 4 is 16.0 Å². The Labute approximate surface area is 97.3 Å². The van der Waals surface area contributed by atoms with E-state index in [1.807, 2.05) is 0 Å². The second-order valence-electron chi connectivity index (χ2n) is 4.25. The molecule has 2 N–H and O–H groups in total. The van der Waals surface area contributed by atoms with Crippen LogP contribution in [0, 0.1) is 5.92 Å². The molecule has 0 aromatic rings. The molecule has 0 saturated heterocycles. The standard InChI is InChI=1S/C10H21NO4S/c1-9(2)5-3-7-11-16(14,15)8-4-6-10(12)13/h9,11H,3-8H2,1-2H3,(H,12,13). The molecule has 0 aromatic heterocycles. The lowest BCUT2D eigenvalue weighted by Gasteiger charge is -2.07. The van der Waals surface area contributed by atoms with Crippen LogP contribution in [-0.4, -0.2) is 31.8 Å². The first-order valence-electron chi connectivity index (χ1n) is 5.52. The summed E-state index contributed by atoms with van der Waals surface area (Å²) in [6.07, 6.45) is 1.86. The molecule has 6 heteroatoms. The Morgan fingerprint density at radius 1 is 1.31 bits per heavy atom. The van der Waals surface area contributed by atoms with Gasteiger partial charge in [0.2, 0.25) is 10.0 Å². The maximum Gasteiger partial charge on any atom is 0.303 e. The molecule has 16 heavy (non-hydrogen) atoms. The number of carboxylic acid groups (broad SMARTS) is 1. The van der Waals surface area contributed by atoms with E-state index in [1.165, 1.54) is 0 Å². The van der Waals surface area contributed by atoms with Crippen molar-refractivity contribution < 1.29 is 18.3 Å². The van der Waals surface area contributed by atoms with Crippen molar-refractivity contribution in [2.75, 3.05) is 12.3 Å². The van der Waals surface area contributed by atoms with E-state index in [-0.39, 0.29) is 18.6 Å². The highest BCUT2D eigenvalue weighted by Gasteiger charge is 2.10. The van der Waals surface area contributed by atoms with Crippen LogP contribution in [0.25, 0.3) is 0 Å². The van der Waals surface area contributed by atoms with Crippen LogP contribution in [0.5, 0.6) is 0 Å². The predicted octanol–water partition coefficient (Wildman–Crippen LogP) is 1.21. The number of nitrogens with one attached hydrogen (secondary N) is 1. The van der Waals surface area contributed by atoms with E-state index < -0.39 is 16.0 Å². The summed E-state index contributed by atoms with van der Waals surface area (Å²) in [5.74, 6) is -0.507. The molecule has 0 aliphatic carbocycles. The third-order valence-electron chi connectivity index (χ3n) is 2.08. The Hall–Kier alpha value is -0.620. The summed E-state index contributed by atoms with van der Waals surface area (Å²) >= 11 is 0. The summed E-state index contributed by atoms with van der Waals surface area (Å²) in [5.41, 5.74) is 0. The minimum atomic E-state index is -3.29. The molecule has 0 heterocycles. The zero-order valence-electron chi connectivity index (χ0n) is 9.90. The van der Waals surface area contributed by atoms with Crippen LogP contribution in [0.1, 0.15) is 39.5 Å². The molecule has 0 bridgehead atoms. The molecule has 0 amide bonds. The van der Waals surface area contributed by atoms with Crippen molar-refractivity contribution in [1.82, 2.24) is 4.72 Å². The Kier molecular flexibility index (Phi) is 7.33. The largest absolute Gasteiger partial charge is 0.481 e. The fraction of sp³-hybridized carbons (Fsp3) is 0.900. The van der Waals surface area contributed by atoms with Crippen LogP contribution in [0.15, 0.2) is 0 Å². The third kappa shape index (κ3) is 9.92. The first kappa shape index (κ1) is 15.4. The average molecular weight is 251 g/mol. The fourth-order valence-electron chi connectivity index (χ4n) is 1.22. The van der Waals surface area contributed by atoms with E-state index in [0.29, 0.717) is 12.5 Å². The summed E-state index contributed by atoms with van der Waals surface area (Å²) in [4.78, 5) is 10.2. The summed E-state index contributed by atoms with van der Waals surface area (Å²) in [6.45, 7) is 4.61. The van der Waals surface area contributed by atoms with Crippen molar-refractivity contribution in [2.24, 2.45) is 5.92 Å². The van der Waals surface area contributed by atoms with Crippen LogP contribution in [0.3, 0.4) is 0 Å². The molecular weight excluding hydrogens is 230 g/mol. The highest BCUT2D eigenvalue weighted by atomic mass is 32.2. The molecule has 0 unspecified atom stereocenters. The third-order valence-corrected chi connectivity index (χ3v) is 3.55. The maximum absolute atomic E-state index is 11.4. The number of hydrogen-bond acceptors (Lipinski definition) is 3. The number of hydrogen-bond donors (Lipinski definition) is 2. The van der Waals surface area contributed by atoms with Gasteiger partial charge in [0.05, 0.1) is 5.75 Å². The van der Waals surface area contributed by atoms with E-state index in [4.69, 9.17) is 5.11 Å². The predicted molar refractivity (Wildman–Crippen MR) is 62.7 cm³/mol. The summed E-state index contributed by atoms with van der Waals surface area (Å²) in [6, 6.07) is 0. The fourth-order valence-corrected chi connectivity index (χ4v) is 2.35. The van der Waals surface area contributed by atoms with E-state index in [0.717, 1.165) is 12.8 Å². The summed E-state index contributed by atoms with van der Waals surface area (Å²) in [5, 5.41) is 8.37. The Balaban J connectivity index is 3.67. The van der Waals surface area contributed by atoms with Gasteiger partial charge in [0.15, 0.2) is 0 Å². The lowest BCUT2D eigenvalue weighted by molar-refractivity contribution is -0.137. The molecule has 0 saturated carbocycles. The first-order chi connectivity index (χ1) is 7.33. The van der Waals surface area contributed by atoms with Gasteiger partial charge in [-0.2, -0.15) is 0 Å². The Morgan fingerprint density at radius 2 is 1.94 bits per heavy atom. The van der Waals surface area contributed by atoms with E-state index in [9.17, 15) is 13.2 Å². The smallest absolute Gasteiger partial charge is 0.303 e. The minimum absolute atomic E-state index is 0.104. The van der Waals surface area contributed by atoms with Crippen LogP contribution < -0.4 is 4.72 Å². The van der Waals surface area contributed by atoms with E-state index in [2.05, 4.69) is 18.6 Å². The van der Waals surface area contributed by atoms with Crippen molar-refractivity contribution in [3.8, 4) is 0 Å². The van der Waals surface area contributed by atoms with Gasteiger partial charge in [-0.05, 0) is 25.2 Å². The summed E-state index contributed by atoms with van der Waals surface area (Å²) in [7, 11) is -3.29. The number of sulfonamides is 1. The van der Waals surface area contributed by atoms with Crippen LogP contribution in [0.4, 0.5) is 0 Å². The topological polar surface area (TPSA) is 83.5 Å². The number of carbonyl (C=O) groups is 1. The molecule has 0 aromatic carbocycles. The lowest BCUT2D eigenvalue weighted by Crippen LogP contribution is -2.27. The van der Waals surface area contributed by atoms with Gasteiger partial charge in [-0.3, -0.25) is 4.79 Å². The van der Waals surface area contributed by atoms with Crippen molar-refractivity contribution in [3.05, 3.63) is 0 Å². The maximum atomic E-state index is 11.4. The second kappa shape index (κ2) is 7.62. The van der Waals surface area contributed by atoms with Gasteiger partial charge >= 0.3 is 5.97 Å². The number of carboxylic acids is 1. The monoisotopic (exact) mass is 251 g/mol. The molecule has 0 fully saturated rings. The Bertz CT molecular complexity index is 298. The molecule has 5 nitrogen and oxygen atoms in total. The van der Waals surface area contributed by atoms with E-state index >= 15 is 0 Å². The second-order valence-corrected chi connectivity index (χ2v) is 6.17. The zero-order chi connectivity index (χ0) is 12.6. The molecule has 96 valence electrons. The first-order valence-corrected chi connectivity index (χ1v) is 7.18. The molecular formula is C10H21NO4S. The van der Waals surface area contributed by atoms with Crippen LogP contribution in [-0.2, 0) is 14.8 Å². The van der Waals surface area contributed by atoms with Crippen LogP contribution in [0.2, 0.25) is 0 Å². The molecule has 0 aliphatic rings. The minimum Gasteiger partial charge on any atom is -0.481 e. The number of rotatable bonds is 9. The normalized spacial score (nSPS) is 11.9. The quantitative estimate of drug-likeness (QED) is 0.603.